The van der Waals surface area contributed by atoms with Gasteiger partial charge in [-0.25, -0.2) is 0 Å². The highest BCUT2D eigenvalue weighted by Gasteiger charge is 2.31. The quantitative estimate of drug-likeness (QED) is 0.833. The van der Waals surface area contributed by atoms with Gasteiger partial charge >= 0.3 is 0 Å². The minimum absolute atomic E-state index is 0.0881. The molecule has 3 heterocycles. The van der Waals surface area contributed by atoms with Crippen molar-refractivity contribution in [2.45, 2.75) is 25.3 Å². The van der Waals surface area contributed by atoms with E-state index >= 15 is 0 Å². The number of nitrogens with zero attached hydrogens (tertiary/aromatic N) is 4. The van der Waals surface area contributed by atoms with Crippen molar-refractivity contribution in [1.82, 2.24) is 19.6 Å². The molecule has 1 amide bonds. The zero-order valence-electron chi connectivity index (χ0n) is 14.2. The van der Waals surface area contributed by atoms with Crippen LogP contribution in [0, 0.1) is 0 Å². The third-order valence-corrected chi connectivity index (χ3v) is 5.14. The van der Waals surface area contributed by atoms with Gasteiger partial charge in [-0.05, 0) is 37.6 Å². The summed E-state index contributed by atoms with van der Waals surface area (Å²) >= 11 is 0. The number of fused-ring (bicyclic) bond motifs is 1. The molecule has 2 aliphatic heterocycles. The van der Waals surface area contributed by atoms with E-state index < -0.39 is 0 Å². The number of benzene rings is 1. The van der Waals surface area contributed by atoms with Crippen molar-refractivity contribution in [2.24, 2.45) is 0 Å². The highest BCUT2D eigenvalue weighted by atomic mass is 16.2. The van der Waals surface area contributed by atoms with Crippen molar-refractivity contribution < 1.29 is 4.79 Å². The molecule has 0 radical (unpaired) electrons. The van der Waals surface area contributed by atoms with E-state index in [0.29, 0.717) is 17.4 Å². The van der Waals surface area contributed by atoms with E-state index in [0.717, 1.165) is 32.6 Å². The van der Waals surface area contributed by atoms with Crippen molar-refractivity contribution in [2.75, 3.05) is 26.2 Å². The van der Waals surface area contributed by atoms with E-state index in [2.05, 4.69) is 10.00 Å². The summed E-state index contributed by atoms with van der Waals surface area (Å²) < 4.78 is 1.30. The first-order valence-electron chi connectivity index (χ1n) is 8.91. The lowest BCUT2D eigenvalue weighted by atomic mass is 9.99. The summed E-state index contributed by atoms with van der Waals surface area (Å²) in [7, 11) is 0. The summed E-state index contributed by atoms with van der Waals surface area (Å²) in [4.78, 5) is 29.4. The fourth-order valence-electron chi connectivity index (χ4n) is 3.78. The molecule has 2 saturated heterocycles. The van der Waals surface area contributed by atoms with Gasteiger partial charge < -0.3 is 4.90 Å². The Morgan fingerprint density at radius 3 is 2.68 bits per heavy atom. The third-order valence-electron chi connectivity index (χ3n) is 5.14. The zero-order valence-corrected chi connectivity index (χ0v) is 14.2. The van der Waals surface area contributed by atoms with Crippen molar-refractivity contribution in [3.63, 3.8) is 0 Å². The molecular formula is C19H22N4O2. The molecule has 6 heteroatoms. The average Bonchev–Trinajstić information content (AvgIpc) is 2.68. The second-order valence-electron chi connectivity index (χ2n) is 6.74. The van der Waals surface area contributed by atoms with Gasteiger partial charge in [0.2, 0.25) is 0 Å². The maximum Gasteiger partial charge on any atom is 0.274 e. The topological polar surface area (TPSA) is 58.4 Å². The van der Waals surface area contributed by atoms with E-state index in [9.17, 15) is 9.59 Å². The number of hydrogen-bond donors (Lipinski definition) is 0. The molecule has 4 rings (SSSR count). The molecule has 0 spiro atoms. The van der Waals surface area contributed by atoms with E-state index in [4.69, 9.17) is 0 Å². The first kappa shape index (κ1) is 16.0. The number of piperidine rings is 1. The van der Waals surface area contributed by atoms with Crippen LogP contribution in [0.25, 0.3) is 5.69 Å². The van der Waals surface area contributed by atoms with Gasteiger partial charge in [-0.15, -0.1) is 0 Å². The molecule has 0 aliphatic carbocycles. The molecule has 2 aromatic rings. The maximum atomic E-state index is 12.9. The number of hydrogen-bond acceptors (Lipinski definition) is 4. The monoisotopic (exact) mass is 338 g/mol. The number of rotatable bonds is 2. The van der Waals surface area contributed by atoms with Crippen molar-refractivity contribution in [3.8, 4) is 5.69 Å². The minimum Gasteiger partial charge on any atom is -0.334 e. The summed E-state index contributed by atoms with van der Waals surface area (Å²) in [5.74, 6) is -0.0881. The minimum atomic E-state index is -0.236. The SMILES string of the molecule is O=C(c1ccc(=O)n(-c2ccccc2)n1)N1CCN2CCCC[C@H]2C1. The Balaban J connectivity index is 1.57. The van der Waals surface area contributed by atoms with Gasteiger partial charge in [0.1, 0.15) is 5.69 Å². The van der Waals surface area contributed by atoms with Crippen LogP contribution < -0.4 is 5.56 Å². The molecule has 0 N–H and O–H groups in total. The second-order valence-corrected chi connectivity index (χ2v) is 6.74. The van der Waals surface area contributed by atoms with Crippen LogP contribution >= 0.6 is 0 Å². The fourth-order valence-corrected chi connectivity index (χ4v) is 3.78. The molecule has 0 bridgehead atoms. The standard InChI is InChI=1S/C19H22N4O2/c24-18-10-9-17(20-23(18)15-6-2-1-3-7-15)19(25)22-13-12-21-11-5-4-8-16(21)14-22/h1-3,6-7,9-10,16H,4-5,8,11-14H2/t16-/m0/s1. The predicted octanol–water partition coefficient (Wildman–Crippen LogP) is 1.54. The Labute approximate surface area is 146 Å². The van der Waals surface area contributed by atoms with Gasteiger partial charge in [0, 0.05) is 31.7 Å². The summed E-state index contributed by atoms with van der Waals surface area (Å²) in [5.41, 5.74) is 0.756. The Bertz CT molecular complexity index is 818. The van der Waals surface area contributed by atoms with Crippen LogP contribution in [0.15, 0.2) is 47.3 Å². The lowest BCUT2D eigenvalue weighted by Gasteiger charge is -2.43. The van der Waals surface area contributed by atoms with Crippen LogP contribution in [-0.2, 0) is 0 Å². The van der Waals surface area contributed by atoms with Crippen molar-refractivity contribution >= 4 is 5.91 Å². The maximum absolute atomic E-state index is 12.9. The number of carbonyl (C=O) groups is 1. The van der Waals surface area contributed by atoms with Crippen molar-refractivity contribution in [1.29, 1.82) is 0 Å². The van der Waals surface area contributed by atoms with Crippen LogP contribution in [0.5, 0.6) is 0 Å². The Hall–Kier alpha value is -2.47. The lowest BCUT2D eigenvalue weighted by Crippen LogP contribution is -2.56. The smallest absolute Gasteiger partial charge is 0.274 e. The Morgan fingerprint density at radius 1 is 1.00 bits per heavy atom. The fraction of sp³-hybridized carbons (Fsp3) is 0.421. The first-order chi connectivity index (χ1) is 12.2. The highest BCUT2D eigenvalue weighted by Crippen LogP contribution is 2.21. The largest absolute Gasteiger partial charge is 0.334 e. The molecule has 0 saturated carbocycles. The van der Waals surface area contributed by atoms with E-state index in [1.54, 1.807) is 0 Å². The number of piperazine rings is 1. The number of carbonyl (C=O) groups excluding carboxylic acids is 1. The van der Waals surface area contributed by atoms with Crippen LogP contribution in [0.3, 0.4) is 0 Å². The number of aromatic nitrogens is 2. The van der Waals surface area contributed by atoms with Gasteiger partial charge in [0.15, 0.2) is 0 Å². The number of amides is 1. The third kappa shape index (κ3) is 3.22. The van der Waals surface area contributed by atoms with Crippen LogP contribution in [0.1, 0.15) is 29.8 Å². The van der Waals surface area contributed by atoms with Gasteiger partial charge in [-0.3, -0.25) is 14.5 Å². The zero-order chi connectivity index (χ0) is 17.2. The number of para-hydroxylation sites is 1. The summed E-state index contributed by atoms with van der Waals surface area (Å²) in [6, 6.07) is 12.6. The molecule has 130 valence electrons. The molecule has 25 heavy (non-hydrogen) atoms. The molecular weight excluding hydrogens is 316 g/mol. The van der Waals surface area contributed by atoms with Crippen LogP contribution in [0.2, 0.25) is 0 Å². The van der Waals surface area contributed by atoms with Gasteiger partial charge in [0.25, 0.3) is 11.5 Å². The molecule has 0 unspecified atom stereocenters. The molecule has 1 atom stereocenters. The summed E-state index contributed by atoms with van der Waals surface area (Å²) in [6.07, 6.45) is 3.65. The van der Waals surface area contributed by atoms with E-state index in [-0.39, 0.29) is 11.5 Å². The first-order valence-corrected chi connectivity index (χ1v) is 8.91. The van der Waals surface area contributed by atoms with Crippen LogP contribution in [-0.4, -0.2) is 57.7 Å². The normalized spacial score (nSPS) is 21.0. The lowest BCUT2D eigenvalue weighted by molar-refractivity contribution is 0.0367. The summed E-state index contributed by atoms with van der Waals surface area (Å²) in [6.45, 7) is 3.55. The van der Waals surface area contributed by atoms with Gasteiger partial charge in [0.05, 0.1) is 5.69 Å². The predicted molar refractivity (Wildman–Crippen MR) is 94.9 cm³/mol. The summed E-state index contributed by atoms with van der Waals surface area (Å²) in [5, 5.41) is 4.32. The second kappa shape index (κ2) is 6.80. The van der Waals surface area contributed by atoms with E-state index in [1.807, 2.05) is 35.2 Å². The average molecular weight is 338 g/mol. The van der Waals surface area contributed by atoms with Gasteiger partial charge in [-0.1, -0.05) is 24.6 Å². The Morgan fingerprint density at radius 2 is 1.84 bits per heavy atom. The van der Waals surface area contributed by atoms with Gasteiger partial charge in [-0.2, -0.15) is 9.78 Å². The van der Waals surface area contributed by atoms with E-state index in [1.165, 1.54) is 29.7 Å². The molecule has 6 nitrogen and oxygen atoms in total. The highest BCUT2D eigenvalue weighted by molar-refractivity contribution is 5.92. The molecule has 1 aromatic heterocycles. The molecule has 1 aromatic carbocycles. The van der Waals surface area contributed by atoms with Crippen LogP contribution in [0.4, 0.5) is 0 Å². The molecule has 2 aliphatic rings. The Kier molecular flexibility index (Phi) is 4.36. The van der Waals surface area contributed by atoms with Crippen molar-refractivity contribution in [3.05, 3.63) is 58.5 Å². The molecule has 2 fully saturated rings.